The van der Waals surface area contributed by atoms with Crippen LogP contribution in [-0.2, 0) is 27.2 Å². The number of amides is 3. The van der Waals surface area contributed by atoms with Gasteiger partial charge < -0.3 is 20.3 Å². The van der Waals surface area contributed by atoms with Crippen molar-refractivity contribution in [2.45, 2.75) is 53.1 Å². The number of benzene rings is 2. The van der Waals surface area contributed by atoms with Crippen molar-refractivity contribution in [1.29, 1.82) is 0 Å². The Bertz CT molecular complexity index is 970. The zero-order chi connectivity index (χ0) is 26.3. The van der Waals surface area contributed by atoms with Crippen LogP contribution in [0.1, 0.15) is 43.0 Å². The molecule has 3 rings (SSSR count). The Labute approximate surface area is 214 Å². The maximum Gasteiger partial charge on any atom is 0.410 e. The predicted octanol–water partition coefficient (Wildman–Crippen LogP) is 3.80. The van der Waals surface area contributed by atoms with Gasteiger partial charge in [-0.05, 0) is 58.6 Å². The topological polar surface area (TPSA) is 87.7 Å². The molecule has 7 heteroatoms. The van der Waals surface area contributed by atoms with Crippen LogP contribution in [0.25, 0.3) is 0 Å². The highest BCUT2D eigenvalue weighted by Gasteiger charge is 2.44. The molecule has 0 spiro atoms. The Balaban J connectivity index is 1.60. The number of hydrogen-bond acceptors (Lipinski definition) is 4. The Hall–Kier alpha value is -3.35. The molecule has 2 aromatic carbocycles. The van der Waals surface area contributed by atoms with Crippen molar-refractivity contribution in [3.63, 3.8) is 0 Å². The Morgan fingerprint density at radius 2 is 1.17 bits per heavy atom. The number of likely N-dealkylation sites (tertiary alicyclic amines) is 1. The molecule has 2 N–H and O–H groups in total. The van der Waals surface area contributed by atoms with Crippen LogP contribution in [0.3, 0.4) is 0 Å². The smallest absolute Gasteiger partial charge is 0.410 e. The summed E-state index contributed by atoms with van der Waals surface area (Å²) in [5, 5.41) is 5.94. The third-order valence-electron chi connectivity index (χ3n) is 6.31. The molecule has 1 saturated heterocycles. The van der Waals surface area contributed by atoms with Crippen molar-refractivity contribution in [3.05, 3.63) is 70.8 Å². The van der Waals surface area contributed by atoms with Crippen molar-refractivity contribution >= 4 is 17.9 Å². The Morgan fingerprint density at radius 1 is 0.778 bits per heavy atom. The number of ether oxygens (including phenoxy) is 1. The van der Waals surface area contributed by atoms with Crippen LogP contribution in [0.5, 0.6) is 0 Å². The molecule has 7 nitrogen and oxygen atoms in total. The van der Waals surface area contributed by atoms with E-state index in [0.29, 0.717) is 25.9 Å². The fourth-order valence-electron chi connectivity index (χ4n) is 4.24. The molecule has 1 aliphatic heterocycles. The van der Waals surface area contributed by atoms with E-state index in [1.54, 1.807) is 20.8 Å². The molecule has 36 heavy (non-hydrogen) atoms. The summed E-state index contributed by atoms with van der Waals surface area (Å²) in [4.78, 5) is 40.4. The van der Waals surface area contributed by atoms with Gasteiger partial charge in [-0.2, -0.15) is 0 Å². The number of rotatable bonds is 8. The van der Waals surface area contributed by atoms with Crippen molar-refractivity contribution in [2.75, 3.05) is 26.2 Å². The zero-order valence-electron chi connectivity index (χ0n) is 22.1. The summed E-state index contributed by atoms with van der Waals surface area (Å²) in [6.45, 7) is 10.7. The number of hydrogen-bond donors (Lipinski definition) is 2. The quantitative estimate of drug-likeness (QED) is 0.586. The van der Waals surface area contributed by atoms with E-state index in [0.717, 1.165) is 11.1 Å². The average molecular weight is 494 g/mol. The summed E-state index contributed by atoms with van der Waals surface area (Å²) in [6, 6.07) is 16.4. The van der Waals surface area contributed by atoms with Crippen LogP contribution in [0.4, 0.5) is 4.79 Å². The molecular formula is C29H39N3O4. The van der Waals surface area contributed by atoms with E-state index < -0.39 is 23.5 Å². The molecule has 0 radical (unpaired) electrons. The van der Waals surface area contributed by atoms with Crippen molar-refractivity contribution in [1.82, 2.24) is 15.5 Å². The van der Waals surface area contributed by atoms with Crippen LogP contribution in [0.15, 0.2) is 48.5 Å². The van der Waals surface area contributed by atoms with Gasteiger partial charge in [0.05, 0.1) is 11.8 Å². The van der Waals surface area contributed by atoms with E-state index in [1.165, 1.54) is 16.0 Å². The molecule has 0 saturated carbocycles. The summed E-state index contributed by atoms with van der Waals surface area (Å²) in [5.41, 5.74) is 3.98. The fourth-order valence-corrected chi connectivity index (χ4v) is 4.24. The maximum atomic E-state index is 13.1. The van der Waals surface area contributed by atoms with E-state index in [4.69, 9.17) is 4.74 Å². The second kappa shape index (κ2) is 12.1. The minimum Gasteiger partial charge on any atom is -0.444 e. The van der Waals surface area contributed by atoms with E-state index in [1.807, 2.05) is 62.4 Å². The number of aryl methyl sites for hydroxylation is 2. The van der Waals surface area contributed by atoms with Crippen LogP contribution >= 0.6 is 0 Å². The highest BCUT2D eigenvalue weighted by atomic mass is 16.6. The number of carbonyl (C=O) groups excluding carboxylic acids is 3. The lowest BCUT2D eigenvalue weighted by atomic mass is 9.94. The predicted molar refractivity (Wildman–Crippen MR) is 141 cm³/mol. The van der Waals surface area contributed by atoms with E-state index in [9.17, 15) is 14.4 Å². The number of nitrogens with zero attached hydrogens (tertiary/aromatic N) is 1. The van der Waals surface area contributed by atoms with Gasteiger partial charge >= 0.3 is 6.09 Å². The van der Waals surface area contributed by atoms with Gasteiger partial charge in [0.2, 0.25) is 11.8 Å². The van der Waals surface area contributed by atoms with E-state index in [2.05, 4.69) is 10.6 Å². The molecule has 1 aliphatic rings. The van der Waals surface area contributed by atoms with Crippen LogP contribution in [0, 0.1) is 25.7 Å². The molecule has 3 amide bonds. The fraction of sp³-hybridized carbons (Fsp3) is 0.483. The standard InChI is InChI=1S/C29H39N3O4/c1-20-6-10-22(11-7-20)14-16-30-26(33)24-18-32(28(35)36-29(3,4)5)19-25(24)27(34)31-17-15-23-12-8-21(2)9-13-23/h6-13,24-25H,14-19H2,1-5H3,(H,30,33)(H,31,34)/t24-,25-/m0/s1. The van der Waals surface area contributed by atoms with Gasteiger partial charge in [-0.3, -0.25) is 9.59 Å². The van der Waals surface area contributed by atoms with E-state index in [-0.39, 0.29) is 24.9 Å². The van der Waals surface area contributed by atoms with Crippen molar-refractivity contribution < 1.29 is 19.1 Å². The minimum absolute atomic E-state index is 0.154. The largest absolute Gasteiger partial charge is 0.444 e. The first-order valence-electron chi connectivity index (χ1n) is 12.7. The lowest BCUT2D eigenvalue weighted by Crippen LogP contribution is -2.42. The molecule has 0 aliphatic carbocycles. The van der Waals surface area contributed by atoms with Crippen LogP contribution in [-0.4, -0.2) is 54.6 Å². The average Bonchev–Trinajstić information content (AvgIpc) is 3.27. The second-order valence-corrected chi connectivity index (χ2v) is 10.7. The van der Waals surface area contributed by atoms with Crippen LogP contribution in [0.2, 0.25) is 0 Å². The summed E-state index contributed by atoms with van der Waals surface area (Å²) < 4.78 is 5.50. The molecule has 1 heterocycles. The third kappa shape index (κ3) is 8.11. The first-order chi connectivity index (χ1) is 17.0. The summed E-state index contributed by atoms with van der Waals surface area (Å²) in [5.74, 6) is -1.69. The minimum atomic E-state index is -0.655. The summed E-state index contributed by atoms with van der Waals surface area (Å²) in [6.07, 6.45) is 0.888. The Morgan fingerprint density at radius 3 is 1.53 bits per heavy atom. The molecule has 2 aromatic rings. The van der Waals surface area contributed by atoms with Gasteiger partial charge in [0.1, 0.15) is 5.60 Å². The molecule has 0 aromatic heterocycles. The molecule has 194 valence electrons. The second-order valence-electron chi connectivity index (χ2n) is 10.7. The van der Waals surface area contributed by atoms with Gasteiger partial charge in [-0.1, -0.05) is 59.7 Å². The van der Waals surface area contributed by atoms with Gasteiger partial charge in [0.25, 0.3) is 0 Å². The van der Waals surface area contributed by atoms with Gasteiger partial charge in [-0.15, -0.1) is 0 Å². The maximum absolute atomic E-state index is 13.1. The Kier molecular flexibility index (Phi) is 9.13. The third-order valence-corrected chi connectivity index (χ3v) is 6.31. The normalized spacial score (nSPS) is 17.5. The van der Waals surface area contributed by atoms with Gasteiger partial charge in [0, 0.05) is 26.2 Å². The van der Waals surface area contributed by atoms with Gasteiger partial charge in [0.15, 0.2) is 0 Å². The zero-order valence-corrected chi connectivity index (χ0v) is 22.1. The van der Waals surface area contributed by atoms with Crippen molar-refractivity contribution in [2.24, 2.45) is 11.8 Å². The molecule has 0 unspecified atom stereocenters. The molecular weight excluding hydrogens is 454 g/mol. The SMILES string of the molecule is Cc1ccc(CCNC(=O)[C@H]2CN(C(=O)OC(C)(C)C)C[C@@H]2C(=O)NCCc2ccc(C)cc2)cc1. The highest BCUT2D eigenvalue weighted by molar-refractivity contribution is 5.89. The molecule has 2 atom stereocenters. The monoisotopic (exact) mass is 493 g/mol. The summed E-state index contributed by atoms with van der Waals surface area (Å²) in [7, 11) is 0. The lowest BCUT2D eigenvalue weighted by Gasteiger charge is -2.24. The molecule has 1 fully saturated rings. The van der Waals surface area contributed by atoms with Crippen molar-refractivity contribution in [3.8, 4) is 0 Å². The van der Waals surface area contributed by atoms with Gasteiger partial charge in [-0.25, -0.2) is 4.79 Å². The number of nitrogens with one attached hydrogen (secondary N) is 2. The molecule has 0 bridgehead atoms. The highest BCUT2D eigenvalue weighted by Crippen LogP contribution is 2.26. The van der Waals surface area contributed by atoms with E-state index >= 15 is 0 Å². The van der Waals surface area contributed by atoms with Crippen LogP contribution < -0.4 is 10.6 Å². The lowest BCUT2D eigenvalue weighted by molar-refractivity contribution is -0.132. The summed E-state index contributed by atoms with van der Waals surface area (Å²) >= 11 is 0. The first-order valence-corrected chi connectivity index (χ1v) is 12.7. The number of carbonyl (C=O) groups is 3. The first kappa shape index (κ1) is 27.2.